The first-order chi connectivity index (χ1) is 12.3. The van der Waals surface area contributed by atoms with Crippen LogP contribution in [-0.4, -0.2) is 31.7 Å². The molecule has 1 N–H and O–H groups in total. The fourth-order valence-electron chi connectivity index (χ4n) is 3.45. The van der Waals surface area contributed by atoms with Crippen LogP contribution in [0.5, 0.6) is 0 Å². The van der Waals surface area contributed by atoms with E-state index in [2.05, 4.69) is 19.2 Å². The highest BCUT2D eigenvalue weighted by atomic mass is 32.2. The first kappa shape index (κ1) is 19.1. The molecule has 0 unspecified atom stereocenters. The SMILES string of the molecule is Cc1ccsc1C(=O)Nc1ccc(S(=O)(=O)N2C[C@H](C)C[C@H](C)C2)cc1. The number of nitrogens with zero attached hydrogens (tertiary/aromatic N) is 1. The lowest BCUT2D eigenvalue weighted by atomic mass is 9.94. The average molecular weight is 393 g/mol. The largest absolute Gasteiger partial charge is 0.321 e. The van der Waals surface area contributed by atoms with Crippen molar-refractivity contribution in [2.75, 3.05) is 18.4 Å². The molecule has 1 saturated heterocycles. The molecule has 140 valence electrons. The summed E-state index contributed by atoms with van der Waals surface area (Å²) in [5, 5.41) is 4.70. The Morgan fingerprint density at radius 2 is 1.73 bits per heavy atom. The van der Waals surface area contributed by atoms with Gasteiger partial charge in [-0.25, -0.2) is 8.42 Å². The predicted molar refractivity (Wildman–Crippen MR) is 105 cm³/mol. The third-order valence-corrected chi connectivity index (χ3v) is 7.51. The molecule has 3 rings (SSSR count). The zero-order valence-corrected chi connectivity index (χ0v) is 16.9. The van der Waals surface area contributed by atoms with Crippen LogP contribution >= 0.6 is 11.3 Å². The number of carbonyl (C=O) groups excluding carboxylic acids is 1. The highest BCUT2D eigenvalue weighted by Gasteiger charge is 2.31. The molecule has 1 aromatic heterocycles. The molecule has 1 aliphatic rings. The minimum Gasteiger partial charge on any atom is -0.321 e. The van der Waals surface area contributed by atoms with Crippen molar-refractivity contribution in [3.63, 3.8) is 0 Å². The fraction of sp³-hybridized carbons (Fsp3) is 0.421. The molecule has 26 heavy (non-hydrogen) atoms. The van der Waals surface area contributed by atoms with Crippen LogP contribution in [0.4, 0.5) is 5.69 Å². The maximum absolute atomic E-state index is 12.9. The molecule has 1 aliphatic heterocycles. The Hall–Kier alpha value is -1.70. The highest BCUT2D eigenvalue weighted by Crippen LogP contribution is 2.27. The number of benzene rings is 1. The van der Waals surface area contributed by atoms with Gasteiger partial charge in [-0.1, -0.05) is 13.8 Å². The van der Waals surface area contributed by atoms with E-state index in [0.29, 0.717) is 35.5 Å². The van der Waals surface area contributed by atoms with Gasteiger partial charge in [-0.2, -0.15) is 4.31 Å². The molecule has 7 heteroatoms. The summed E-state index contributed by atoms with van der Waals surface area (Å²) in [6.07, 6.45) is 1.05. The second kappa shape index (κ2) is 7.50. The van der Waals surface area contributed by atoms with Gasteiger partial charge in [0.05, 0.1) is 9.77 Å². The lowest BCUT2D eigenvalue weighted by Crippen LogP contribution is -2.42. The molecular weight excluding hydrogens is 368 g/mol. The molecule has 0 aliphatic carbocycles. The van der Waals surface area contributed by atoms with Gasteiger partial charge in [0.25, 0.3) is 5.91 Å². The molecule has 2 atom stereocenters. The Morgan fingerprint density at radius 1 is 1.12 bits per heavy atom. The number of sulfonamides is 1. The van der Waals surface area contributed by atoms with Crippen LogP contribution in [0.25, 0.3) is 0 Å². The van der Waals surface area contributed by atoms with E-state index in [1.165, 1.54) is 11.3 Å². The molecule has 2 heterocycles. The maximum atomic E-state index is 12.9. The maximum Gasteiger partial charge on any atom is 0.265 e. The predicted octanol–water partition coefficient (Wildman–Crippen LogP) is 3.98. The topological polar surface area (TPSA) is 66.5 Å². The monoisotopic (exact) mass is 392 g/mol. The van der Waals surface area contributed by atoms with Crippen LogP contribution in [0, 0.1) is 18.8 Å². The van der Waals surface area contributed by atoms with E-state index in [-0.39, 0.29) is 10.8 Å². The number of anilines is 1. The van der Waals surface area contributed by atoms with Crippen molar-refractivity contribution < 1.29 is 13.2 Å². The summed E-state index contributed by atoms with van der Waals surface area (Å²) >= 11 is 1.39. The van der Waals surface area contributed by atoms with Crippen molar-refractivity contribution in [1.82, 2.24) is 4.31 Å². The minimum atomic E-state index is -3.50. The highest BCUT2D eigenvalue weighted by molar-refractivity contribution is 7.89. The summed E-state index contributed by atoms with van der Waals surface area (Å²) in [7, 11) is -3.50. The zero-order chi connectivity index (χ0) is 18.9. The van der Waals surface area contributed by atoms with Crippen LogP contribution in [0.15, 0.2) is 40.6 Å². The molecule has 5 nitrogen and oxygen atoms in total. The van der Waals surface area contributed by atoms with Crippen molar-refractivity contribution in [3.8, 4) is 0 Å². The van der Waals surface area contributed by atoms with Gasteiger partial charge < -0.3 is 5.32 Å². The molecule has 0 saturated carbocycles. The summed E-state index contributed by atoms with van der Waals surface area (Å²) in [5.74, 6) is 0.550. The Morgan fingerprint density at radius 3 is 2.27 bits per heavy atom. The lowest BCUT2D eigenvalue weighted by molar-refractivity contribution is 0.103. The van der Waals surface area contributed by atoms with E-state index < -0.39 is 10.0 Å². The fourth-order valence-corrected chi connectivity index (χ4v) is 5.95. The Labute approximate surface area is 159 Å². The number of hydrogen-bond acceptors (Lipinski definition) is 4. The molecule has 1 fully saturated rings. The second-order valence-electron chi connectivity index (χ2n) is 7.18. The number of carbonyl (C=O) groups is 1. The van der Waals surface area contributed by atoms with Crippen molar-refractivity contribution in [2.45, 2.75) is 32.1 Å². The summed E-state index contributed by atoms with van der Waals surface area (Å²) in [4.78, 5) is 13.2. The third-order valence-electron chi connectivity index (χ3n) is 4.65. The molecule has 0 spiro atoms. The molecule has 0 bridgehead atoms. The van der Waals surface area contributed by atoms with E-state index >= 15 is 0 Å². The quantitative estimate of drug-likeness (QED) is 0.856. The smallest absolute Gasteiger partial charge is 0.265 e. The van der Waals surface area contributed by atoms with Crippen LogP contribution in [0.2, 0.25) is 0 Å². The van der Waals surface area contributed by atoms with Crippen molar-refractivity contribution in [1.29, 1.82) is 0 Å². The lowest BCUT2D eigenvalue weighted by Gasteiger charge is -2.34. The Bertz CT molecular complexity index is 878. The zero-order valence-electron chi connectivity index (χ0n) is 15.2. The number of rotatable bonds is 4. The van der Waals surface area contributed by atoms with Crippen molar-refractivity contribution in [3.05, 3.63) is 46.2 Å². The Kier molecular flexibility index (Phi) is 5.50. The van der Waals surface area contributed by atoms with E-state index in [1.807, 2.05) is 18.4 Å². The van der Waals surface area contributed by atoms with Gasteiger partial charge in [0, 0.05) is 18.8 Å². The van der Waals surface area contributed by atoms with Crippen LogP contribution in [0.1, 0.15) is 35.5 Å². The number of hydrogen-bond donors (Lipinski definition) is 1. The summed E-state index contributed by atoms with van der Waals surface area (Å²) in [6, 6.07) is 8.32. The normalized spacial score (nSPS) is 21.5. The van der Waals surface area contributed by atoms with Gasteiger partial charge in [0.15, 0.2) is 0 Å². The molecule has 2 aromatic rings. The van der Waals surface area contributed by atoms with Crippen molar-refractivity contribution in [2.24, 2.45) is 11.8 Å². The van der Waals surface area contributed by atoms with Gasteiger partial charge >= 0.3 is 0 Å². The third kappa shape index (κ3) is 4.00. The molecule has 0 radical (unpaired) electrons. The van der Waals surface area contributed by atoms with Gasteiger partial charge in [0.1, 0.15) is 0 Å². The van der Waals surface area contributed by atoms with Gasteiger partial charge in [0.2, 0.25) is 10.0 Å². The number of aryl methyl sites for hydroxylation is 1. The summed E-state index contributed by atoms with van der Waals surface area (Å²) < 4.78 is 27.3. The van der Waals surface area contributed by atoms with E-state index in [1.54, 1.807) is 28.6 Å². The number of piperidine rings is 1. The number of nitrogens with one attached hydrogen (secondary N) is 1. The first-order valence-electron chi connectivity index (χ1n) is 8.73. The minimum absolute atomic E-state index is 0.174. The number of thiophene rings is 1. The van der Waals surface area contributed by atoms with Crippen LogP contribution < -0.4 is 5.32 Å². The number of amides is 1. The molecular formula is C19H24N2O3S2. The van der Waals surface area contributed by atoms with E-state index in [4.69, 9.17) is 0 Å². The second-order valence-corrected chi connectivity index (χ2v) is 10.0. The molecule has 1 amide bonds. The van der Waals surface area contributed by atoms with Crippen LogP contribution in [-0.2, 0) is 10.0 Å². The van der Waals surface area contributed by atoms with Gasteiger partial charge in [-0.3, -0.25) is 4.79 Å². The Balaban J connectivity index is 1.74. The summed E-state index contributed by atoms with van der Waals surface area (Å²) in [6.45, 7) is 7.18. The van der Waals surface area contributed by atoms with Gasteiger partial charge in [-0.15, -0.1) is 11.3 Å². The van der Waals surface area contributed by atoms with Crippen molar-refractivity contribution >= 4 is 33.0 Å². The molecule has 1 aromatic carbocycles. The summed E-state index contributed by atoms with van der Waals surface area (Å²) in [5.41, 5.74) is 1.52. The van der Waals surface area contributed by atoms with E-state index in [0.717, 1.165) is 12.0 Å². The van der Waals surface area contributed by atoms with Crippen LogP contribution in [0.3, 0.4) is 0 Å². The van der Waals surface area contributed by atoms with E-state index in [9.17, 15) is 13.2 Å². The van der Waals surface area contributed by atoms with Gasteiger partial charge in [-0.05, 0) is 66.5 Å². The first-order valence-corrected chi connectivity index (χ1v) is 11.0. The standard InChI is InChI=1S/C19H24N2O3S2/c1-13-10-14(2)12-21(11-13)26(23,24)17-6-4-16(5-7-17)20-19(22)18-15(3)8-9-25-18/h4-9,13-14H,10-12H2,1-3H3,(H,20,22)/t13-,14+. The average Bonchev–Trinajstić information content (AvgIpc) is 3.00.